The lowest BCUT2D eigenvalue weighted by atomic mass is 9.92. The summed E-state index contributed by atoms with van der Waals surface area (Å²) >= 11 is 0. The standard InChI is InChI=1S/C18H30N2/c1-5-15-7-9-16(10-8-15)17(6-2)19-18-11-12-20(4)13-14(18)3/h7-10,14,17-19H,5-6,11-13H2,1-4H3. The first kappa shape index (κ1) is 15.5. The average molecular weight is 274 g/mol. The van der Waals surface area contributed by atoms with Crippen molar-refractivity contribution >= 4 is 0 Å². The molecule has 3 unspecified atom stereocenters. The first-order chi connectivity index (χ1) is 9.63. The number of piperidine rings is 1. The summed E-state index contributed by atoms with van der Waals surface area (Å²) in [5.41, 5.74) is 2.87. The van der Waals surface area contributed by atoms with Crippen LogP contribution < -0.4 is 5.32 Å². The molecule has 3 atom stereocenters. The third kappa shape index (κ3) is 3.83. The average Bonchev–Trinajstić information content (AvgIpc) is 2.47. The number of nitrogens with zero attached hydrogens (tertiary/aromatic N) is 1. The predicted molar refractivity (Wildman–Crippen MR) is 87.1 cm³/mol. The lowest BCUT2D eigenvalue weighted by Crippen LogP contribution is -2.47. The molecule has 20 heavy (non-hydrogen) atoms. The first-order valence-corrected chi connectivity index (χ1v) is 8.17. The van der Waals surface area contributed by atoms with Gasteiger partial charge in [0.1, 0.15) is 0 Å². The van der Waals surface area contributed by atoms with Crippen LogP contribution in [0.3, 0.4) is 0 Å². The number of likely N-dealkylation sites (tertiary alicyclic amines) is 1. The van der Waals surface area contributed by atoms with Gasteiger partial charge in [0.05, 0.1) is 0 Å². The lowest BCUT2D eigenvalue weighted by Gasteiger charge is -2.37. The maximum atomic E-state index is 3.90. The maximum absolute atomic E-state index is 3.90. The highest BCUT2D eigenvalue weighted by atomic mass is 15.1. The minimum atomic E-state index is 0.497. The molecule has 1 fully saturated rings. The molecule has 1 N–H and O–H groups in total. The Bertz CT molecular complexity index is 398. The van der Waals surface area contributed by atoms with Gasteiger partial charge in [0.25, 0.3) is 0 Å². The van der Waals surface area contributed by atoms with Crippen LogP contribution in [-0.2, 0) is 6.42 Å². The molecule has 1 aliphatic heterocycles. The second kappa shape index (κ2) is 7.24. The molecule has 1 heterocycles. The molecule has 2 nitrogen and oxygen atoms in total. The zero-order valence-electron chi connectivity index (χ0n) is 13.5. The third-order valence-electron chi connectivity index (χ3n) is 4.72. The highest BCUT2D eigenvalue weighted by Gasteiger charge is 2.26. The zero-order chi connectivity index (χ0) is 14.5. The van der Waals surface area contributed by atoms with Crippen LogP contribution in [0.5, 0.6) is 0 Å². The van der Waals surface area contributed by atoms with Crippen molar-refractivity contribution in [3.8, 4) is 0 Å². The van der Waals surface area contributed by atoms with Crippen LogP contribution in [0.1, 0.15) is 50.8 Å². The van der Waals surface area contributed by atoms with E-state index in [1.165, 1.54) is 30.6 Å². The number of nitrogens with one attached hydrogen (secondary N) is 1. The highest BCUT2D eigenvalue weighted by molar-refractivity contribution is 5.25. The van der Waals surface area contributed by atoms with Gasteiger partial charge < -0.3 is 10.2 Å². The van der Waals surface area contributed by atoms with Crippen LogP contribution >= 0.6 is 0 Å². The number of rotatable bonds is 5. The van der Waals surface area contributed by atoms with E-state index in [-0.39, 0.29) is 0 Å². The van der Waals surface area contributed by atoms with E-state index in [4.69, 9.17) is 0 Å². The van der Waals surface area contributed by atoms with E-state index in [0.29, 0.717) is 12.1 Å². The van der Waals surface area contributed by atoms with Crippen LogP contribution in [0.4, 0.5) is 0 Å². The van der Waals surface area contributed by atoms with Gasteiger partial charge in [0, 0.05) is 18.6 Å². The van der Waals surface area contributed by atoms with Gasteiger partial charge in [-0.2, -0.15) is 0 Å². The molecular weight excluding hydrogens is 244 g/mol. The quantitative estimate of drug-likeness (QED) is 0.882. The molecule has 2 heteroatoms. The van der Waals surface area contributed by atoms with Gasteiger partial charge in [-0.1, -0.05) is 45.0 Å². The fraction of sp³-hybridized carbons (Fsp3) is 0.667. The minimum Gasteiger partial charge on any atom is -0.307 e. The van der Waals surface area contributed by atoms with Gasteiger partial charge in [-0.3, -0.25) is 0 Å². The molecular formula is C18H30N2. The largest absolute Gasteiger partial charge is 0.307 e. The number of benzene rings is 1. The summed E-state index contributed by atoms with van der Waals surface area (Å²) in [5, 5.41) is 3.90. The summed E-state index contributed by atoms with van der Waals surface area (Å²) in [7, 11) is 2.23. The molecule has 0 amide bonds. The summed E-state index contributed by atoms with van der Waals surface area (Å²) in [6, 6.07) is 10.3. The number of aryl methyl sites for hydroxylation is 1. The molecule has 0 spiro atoms. The van der Waals surface area contributed by atoms with E-state index < -0.39 is 0 Å². The van der Waals surface area contributed by atoms with E-state index >= 15 is 0 Å². The summed E-state index contributed by atoms with van der Waals surface area (Å²) in [4.78, 5) is 2.44. The van der Waals surface area contributed by atoms with Crippen molar-refractivity contribution in [1.82, 2.24) is 10.2 Å². The van der Waals surface area contributed by atoms with Crippen molar-refractivity contribution in [1.29, 1.82) is 0 Å². The van der Waals surface area contributed by atoms with Crippen molar-refractivity contribution in [2.75, 3.05) is 20.1 Å². The topological polar surface area (TPSA) is 15.3 Å². The van der Waals surface area contributed by atoms with Crippen LogP contribution in [-0.4, -0.2) is 31.1 Å². The van der Waals surface area contributed by atoms with E-state index in [1.54, 1.807) is 0 Å². The van der Waals surface area contributed by atoms with Crippen molar-refractivity contribution in [3.63, 3.8) is 0 Å². The van der Waals surface area contributed by atoms with Gasteiger partial charge >= 0.3 is 0 Å². The fourth-order valence-corrected chi connectivity index (χ4v) is 3.30. The minimum absolute atomic E-state index is 0.497. The molecule has 1 aromatic carbocycles. The molecule has 0 aliphatic carbocycles. The Morgan fingerprint density at radius 1 is 1.25 bits per heavy atom. The fourth-order valence-electron chi connectivity index (χ4n) is 3.30. The maximum Gasteiger partial charge on any atom is 0.0320 e. The molecule has 2 rings (SSSR count). The number of hydrogen-bond acceptors (Lipinski definition) is 2. The first-order valence-electron chi connectivity index (χ1n) is 8.17. The molecule has 0 aromatic heterocycles. The highest BCUT2D eigenvalue weighted by Crippen LogP contribution is 2.23. The smallest absolute Gasteiger partial charge is 0.0320 e. The van der Waals surface area contributed by atoms with E-state index in [1.807, 2.05) is 0 Å². The Labute approximate surface area is 124 Å². The summed E-state index contributed by atoms with van der Waals surface area (Å²) in [5.74, 6) is 0.734. The Balaban J connectivity index is 2.00. The Hall–Kier alpha value is -0.860. The lowest BCUT2D eigenvalue weighted by molar-refractivity contribution is 0.165. The Kier molecular flexibility index (Phi) is 5.62. The van der Waals surface area contributed by atoms with E-state index in [2.05, 4.69) is 62.3 Å². The van der Waals surface area contributed by atoms with E-state index in [0.717, 1.165) is 18.8 Å². The van der Waals surface area contributed by atoms with Crippen LogP contribution in [0.2, 0.25) is 0 Å². The van der Waals surface area contributed by atoms with Crippen molar-refractivity contribution in [2.45, 2.75) is 52.1 Å². The Morgan fingerprint density at radius 2 is 1.95 bits per heavy atom. The summed E-state index contributed by atoms with van der Waals surface area (Å²) < 4.78 is 0. The van der Waals surface area contributed by atoms with Gasteiger partial charge in [-0.15, -0.1) is 0 Å². The van der Waals surface area contributed by atoms with E-state index in [9.17, 15) is 0 Å². The molecule has 0 saturated carbocycles. The molecule has 0 bridgehead atoms. The van der Waals surface area contributed by atoms with Gasteiger partial charge in [0.15, 0.2) is 0 Å². The Morgan fingerprint density at radius 3 is 2.50 bits per heavy atom. The van der Waals surface area contributed by atoms with Crippen molar-refractivity contribution < 1.29 is 0 Å². The summed E-state index contributed by atoms with van der Waals surface area (Å²) in [6.45, 7) is 9.30. The molecule has 0 radical (unpaired) electrons. The van der Waals surface area contributed by atoms with Gasteiger partial charge in [0.2, 0.25) is 0 Å². The van der Waals surface area contributed by atoms with Crippen LogP contribution in [0.15, 0.2) is 24.3 Å². The van der Waals surface area contributed by atoms with Gasteiger partial charge in [-0.25, -0.2) is 0 Å². The second-order valence-electron chi connectivity index (χ2n) is 6.36. The third-order valence-corrected chi connectivity index (χ3v) is 4.72. The monoisotopic (exact) mass is 274 g/mol. The molecule has 1 aliphatic rings. The van der Waals surface area contributed by atoms with Crippen LogP contribution in [0.25, 0.3) is 0 Å². The van der Waals surface area contributed by atoms with Crippen molar-refractivity contribution in [2.24, 2.45) is 5.92 Å². The molecule has 1 aromatic rings. The molecule has 112 valence electrons. The normalized spacial score (nSPS) is 25.6. The summed E-state index contributed by atoms with van der Waals surface area (Å²) in [6.07, 6.45) is 3.54. The van der Waals surface area contributed by atoms with Crippen LogP contribution in [0, 0.1) is 5.92 Å². The molecule has 1 saturated heterocycles. The second-order valence-corrected chi connectivity index (χ2v) is 6.36. The predicted octanol–water partition coefficient (Wildman–Crippen LogP) is 3.63. The number of hydrogen-bond donors (Lipinski definition) is 1. The van der Waals surface area contributed by atoms with Gasteiger partial charge in [-0.05, 0) is 49.9 Å². The van der Waals surface area contributed by atoms with Crippen molar-refractivity contribution in [3.05, 3.63) is 35.4 Å². The SMILES string of the molecule is CCc1ccc(C(CC)NC2CCN(C)CC2C)cc1. The zero-order valence-corrected chi connectivity index (χ0v) is 13.5.